The third-order valence-corrected chi connectivity index (χ3v) is 5.59. The first-order valence-electron chi connectivity index (χ1n) is 12.1. The maximum absolute atomic E-state index is 13.2. The highest BCUT2D eigenvalue weighted by Crippen LogP contribution is 2.10. The smallest absolute Gasteiger partial charge is 0.268 e. The Hall–Kier alpha value is -4.56. The molecule has 0 fully saturated rings. The van der Waals surface area contributed by atoms with Crippen molar-refractivity contribution in [2.75, 3.05) is 18.4 Å². The van der Waals surface area contributed by atoms with Crippen LogP contribution in [0.5, 0.6) is 0 Å². The minimum Gasteiger partial charge on any atom is -0.391 e. The summed E-state index contributed by atoms with van der Waals surface area (Å²) in [4.78, 5) is 36.1. The maximum Gasteiger partial charge on any atom is 0.268 e. The molecule has 2 atom stereocenters. The zero-order chi connectivity index (χ0) is 28.2. The van der Waals surface area contributed by atoms with Crippen molar-refractivity contribution >= 4 is 23.4 Å². The van der Waals surface area contributed by atoms with Crippen LogP contribution in [0.4, 0.5) is 10.1 Å². The number of carbonyl (C=O) groups excluding carboxylic acids is 3. The summed E-state index contributed by atoms with van der Waals surface area (Å²) in [6.45, 7) is 1.98. The molecule has 3 aromatic rings. The fourth-order valence-electron chi connectivity index (χ4n) is 3.52. The number of aliphatic hydroxyl groups is 1. The molecule has 0 aliphatic heterocycles. The lowest BCUT2D eigenvalue weighted by atomic mass is 10.1. The van der Waals surface area contributed by atoms with E-state index in [-0.39, 0.29) is 23.8 Å². The molecule has 0 saturated carbocycles. The number of carbonyl (C=O) groups is 3. The van der Waals surface area contributed by atoms with Crippen LogP contribution in [0.1, 0.15) is 34.0 Å². The van der Waals surface area contributed by atoms with Crippen molar-refractivity contribution in [3.63, 3.8) is 0 Å². The van der Waals surface area contributed by atoms with E-state index < -0.39 is 24.0 Å². The van der Waals surface area contributed by atoms with Gasteiger partial charge >= 0.3 is 0 Å². The SMILES string of the molecule is C[C@@H](O)[C@H](NC(=O)c1ccc(C#Cc2ccc(NC(=O)CNCCc3cccc(F)c3)cc2)cc1)C(=O)NO. The average molecular weight is 533 g/mol. The van der Waals surface area contributed by atoms with Gasteiger partial charge in [-0.15, -0.1) is 0 Å². The first-order valence-corrected chi connectivity index (χ1v) is 12.1. The van der Waals surface area contributed by atoms with E-state index in [0.717, 1.165) is 11.1 Å². The van der Waals surface area contributed by atoms with Gasteiger partial charge in [0.15, 0.2) is 0 Å². The molecule has 0 heterocycles. The van der Waals surface area contributed by atoms with E-state index in [4.69, 9.17) is 5.21 Å². The van der Waals surface area contributed by atoms with Gasteiger partial charge in [0.2, 0.25) is 5.91 Å². The van der Waals surface area contributed by atoms with Gasteiger partial charge in [0.1, 0.15) is 11.9 Å². The number of halogens is 1. The topological polar surface area (TPSA) is 140 Å². The van der Waals surface area contributed by atoms with Gasteiger partial charge in [-0.1, -0.05) is 24.0 Å². The van der Waals surface area contributed by atoms with Crippen LogP contribution in [-0.2, 0) is 16.0 Å². The summed E-state index contributed by atoms with van der Waals surface area (Å²) in [5, 5.41) is 26.6. The molecule has 0 bridgehead atoms. The molecule has 0 aromatic heterocycles. The third-order valence-electron chi connectivity index (χ3n) is 5.59. The van der Waals surface area contributed by atoms with E-state index in [1.807, 2.05) is 6.07 Å². The van der Waals surface area contributed by atoms with Gasteiger partial charge in [-0.3, -0.25) is 19.6 Å². The molecule has 10 heteroatoms. The minimum atomic E-state index is -1.31. The van der Waals surface area contributed by atoms with Crippen LogP contribution in [0.2, 0.25) is 0 Å². The van der Waals surface area contributed by atoms with Gasteiger partial charge in [-0.25, -0.2) is 9.87 Å². The summed E-state index contributed by atoms with van der Waals surface area (Å²) in [6, 6.07) is 18.4. The van der Waals surface area contributed by atoms with Crippen molar-refractivity contribution in [2.45, 2.75) is 25.5 Å². The molecule has 0 spiro atoms. The number of anilines is 1. The molecule has 0 saturated heterocycles. The van der Waals surface area contributed by atoms with E-state index >= 15 is 0 Å². The van der Waals surface area contributed by atoms with Crippen molar-refractivity contribution in [1.82, 2.24) is 16.1 Å². The van der Waals surface area contributed by atoms with Crippen molar-refractivity contribution < 1.29 is 29.1 Å². The lowest BCUT2D eigenvalue weighted by molar-refractivity contribution is -0.133. The van der Waals surface area contributed by atoms with Gasteiger partial charge in [-0.2, -0.15) is 0 Å². The third kappa shape index (κ3) is 9.36. The predicted molar refractivity (Wildman–Crippen MR) is 143 cm³/mol. The number of hydrogen-bond acceptors (Lipinski definition) is 6. The summed E-state index contributed by atoms with van der Waals surface area (Å²) in [5.74, 6) is 3.99. The van der Waals surface area contributed by atoms with Gasteiger partial charge in [0.25, 0.3) is 11.8 Å². The lowest BCUT2D eigenvalue weighted by Gasteiger charge is -2.19. The number of nitrogens with one attached hydrogen (secondary N) is 4. The Morgan fingerprint density at radius 2 is 1.59 bits per heavy atom. The molecule has 3 rings (SSSR count). The Bertz CT molecular complexity index is 1350. The standard InChI is InChI=1S/C29H29FN4O5/c1-19(35)27(29(38)34-39)33-28(37)23-11-7-20(8-12-23)5-6-21-9-13-25(14-10-21)32-26(36)18-31-16-15-22-3-2-4-24(30)17-22/h2-4,7-14,17,19,27,31,35,39H,15-16,18H2,1H3,(H,32,36)(H,33,37)(H,34,38)/t19-,27+/m1/s1. The second kappa shape index (κ2) is 14.4. The molecule has 0 aliphatic carbocycles. The largest absolute Gasteiger partial charge is 0.391 e. The fraction of sp³-hybridized carbons (Fsp3) is 0.207. The van der Waals surface area contributed by atoms with Gasteiger partial charge in [-0.05, 0) is 86.1 Å². The van der Waals surface area contributed by atoms with E-state index in [1.54, 1.807) is 42.5 Å². The van der Waals surface area contributed by atoms with Crippen LogP contribution in [0, 0.1) is 17.7 Å². The maximum atomic E-state index is 13.2. The second-order valence-corrected chi connectivity index (χ2v) is 8.68. The first-order chi connectivity index (χ1) is 18.7. The van der Waals surface area contributed by atoms with Crippen LogP contribution in [0.3, 0.4) is 0 Å². The summed E-state index contributed by atoms with van der Waals surface area (Å²) in [6.07, 6.45) is -0.595. The Balaban J connectivity index is 1.47. The highest BCUT2D eigenvalue weighted by Gasteiger charge is 2.25. The van der Waals surface area contributed by atoms with Crippen LogP contribution in [0.25, 0.3) is 0 Å². The number of hydroxylamine groups is 1. The van der Waals surface area contributed by atoms with Crippen molar-refractivity contribution in [3.8, 4) is 11.8 Å². The van der Waals surface area contributed by atoms with Crippen molar-refractivity contribution in [3.05, 3.63) is 101 Å². The molecule has 0 aliphatic rings. The highest BCUT2D eigenvalue weighted by molar-refractivity contribution is 5.97. The molecule has 6 N–H and O–H groups in total. The molecule has 202 valence electrons. The summed E-state index contributed by atoms with van der Waals surface area (Å²) in [5.41, 5.74) is 4.51. The second-order valence-electron chi connectivity index (χ2n) is 8.68. The summed E-state index contributed by atoms with van der Waals surface area (Å²) in [7, 11) is 0. The molecular formula is C29H29FN4O5. The van der Waals surface area contributed by atoms with Gasteiger partial charge in [0, 0.05) is 22.4 Å². The number of rotatable bonds is 10. The van der Waals surface area contributed by atoms with E-state index in [0.29, 0.717) is 24.2 Å². The summed E-state index contributed by atoms with van der Waals surface area (Å²) < 4.78 is 13.2. The molecule has 0 radical (unpaired) electrons. The minimum absolute atomic E-state index is 0.124. The molecule has 3 aromatic carbocycles. The van der Waals surface area contributed by atoms with Crippen LogP contribution < -0.4 is 21.4 Å². The molecule has 0 unspecified atom stereocenters. The number of hydrogen-bond donors (Lipinski definition) is 6. The Labute approximate surface area is 225 Å². The van der Waals surface area contributed by atoms with Crippen molar-refractivity contribution in [2.24, 2.45) is 0 Å². The number of amides is 3. The van der Waals surface area contributed by atoms with E-state index in [1.165, 1.54) is 36.7 Å². The normalized spacial score (nSPS) is 11.9. The number of aliphatic hydroxyl groups excluding tert-OH is 1. The number of benzene rings is 3. The summed E-state index contributed by atoms with van der Waals surface area (Å²) >= 11 is 0. The highest BCUT2D eigenvalue weighted by atomic mass is 19.1. The molecule has 39 heavy (non-hydrogen) atoms. The van der Waals surface area contributed by atoms with E-state index in [2.05, 4.69) is 27.8 Å². The van der Waals surface area contributed by atoms with E-state index in [9.17, 15) is 23.9 Å². The van der Waals surface area contributed by atoms with Crippen LogP contribution >= 0.6 is 0 Å². The average Bonchev–Trinajstić information content (AvgIpc) is 2.93. The first kappa shape index (κ1) is 29.0. The van der Waals surface area contributed by atoms with Gasteiger partial charge in [0.05, 0.1) is 12.6 Å². The Morgan fingerprint density at radius 3 is 2.18 bits per heavy atom. The quantitative estimate of drug-likeness (QED) is 0.102. The molecule has 3 amide bonds. The zero-order valence-electron chi connectivity index (χ0n) is 21.2. The molecular weight excluding hydrogens is 503 g/mol. The molecule has 9 nitrogen and oxygen atoms in total. The lowest BCUT2D eigenvalue weighted by Crippen LogP contribution is -2.51. The predicted octanol–water partition coefficient (Wildman–Crippen LogP) is 1.98. The Morgan fingerprint density at radius 1 is 0.949 bits per heavy atom. The fourth-order valence-corrected chi connectivity index (χ4v) is 3.52. The monoisotopic (exact) mass is 532 g/mol. The van der Waals surface area contributed by atoms with Crippen molar-refractivity contribution in [1.29, 1.82) is 0 Å². The van der Waals surface area contributed by atoms with Crippen LogP contribution in [0.15, 0.2) is 72.8 Å². The zero-order valence-corrected chi connectivity index (χ0v) is 21.2. The van der Waals surface area contributed by atoms with Crippen LogP contribution in [-0.4, -0.2) is 53.3 Å². The van der Waals surface area contributed by atoms with Gasteiger partial charge < -0.3 is 21.1 Å². The Kier molecular flexibility index (Phi) is 10.7.